The summed E-state index contributed by atoms with van der Waals surface area (Å²) in [6.07, 6.45) is 0.920. The van der Waals surface area contributed by atoms with E-state index in [0.717, 1.165) is 22.8 Å². The first kappa shape index (κ1) is 18.2. The van der Waals surface area contributed by atoms with E-state index in [1.54, 1.807) is 0 Å². The van der Waals surface area contributed by atoms with Gasteiger partial charge in [0.25, 0.3) is 0 Å². The molecule has 0 unspecified atom stereocenters. The number of carbonyl (C=O) groups excluding carboxylic acids is 2. The second kappa shape index (κ2) is 7.36. The van der Waals surface area contributed by atoms with Gasteiger partial charge in [0, 0.05) is 6.54 Å². The van der Waals surface area contributed by atoms with E-state index in [2.05, 4.69) is 0 Å². The molecule has 5 nitrogen and oxygen atoms in total. The van der Waals surface area contributed by atoms with Crippen molar-refractivity contribution in [2.45, 2.75) is 51.9 Å². The molecule has 0 aliphatic carbocycles. The van der Waals surface area contributed by atoms with Crippen molar-refractivity contribution in [2.75, 3.05) is 6.54 Å². The molecule has 0 aromatic heterocycles. The van der Waals surface area contributed by atoms with E-state index in [0.29, 0.717) is 13.0 Å². The highest BCUT2D eigenvalue weighted by Gasteiger charge is 2.37. The number of likely N-dealkylation sites (tertiary alicyclic amines) is 1. The molecule has 1 saturated heterocycles. The fraction of sp³-hybridized carbons (Fsp3) is 0.429. The molecule has 0 bridgehead atoms. The molecule has 1 amide bonds. The van der Waals surface area contributed by atoms with Crippen molar-refractivity contribution in [2.24, 2.45) is 0 Å². The average molecular weight is 355 g/mol. The molecule has 26 heavy (non-hydrogen) atoms. The Kier molecular flexibility index (Phi) is 5.16. The number of fused-ring (bicyclic) bond motifs is 1. The van der Waals surface area contributed by atoms with Crippen LogP contribution in [-0.2, 0) is 20.9 Å². The molecule has 0 N–H and O–H groups in total. The summed E-state index contributed by atoms with van der Waals surface area (Å²) in [5.74, 6) is -0.374. The zero-order valence-electron chi connectivity index (χ0n) is 15.5. The predicted octanol–water partition coefficient (Wildman–Crippen LogP) is 4.28. The first-order valence-corrected chi connectivity index (χ1v) is 8.98. The third kappa shape index (κ3) is 4.15. The van der Waals surface area contributed by atoms with Gasteiger partial charge in [-0.05, 0) is 49.9 Å². The fourth-order valence-corrected chi connectivity index (χ4v) is 3.21. The molecule has 3 rings (SSSR count). The largest absolute Gasteiger partial charge is 0.459 e. The summed E-state index contributed by atoms with van der Waals surface area (Å²) < 4.78 is 10.9. The van der Waals surface area contributed by atoms with Gasteiger partial charge in [0.1, 0.15) is 18.2 Å². The van der Waals surface area contributed by atoms with Gasteiger partial charge >= 0.3 is 12.1 Å². The van der Waals surface area contributed by atoms with E-state index in [4.69, 9.17) is 9.47 Å². The maximum absolute atomic E-state index is 12.6. The molecule has 138 valence electrons. The van der Waals surface area contributed by atoms with Crippen LogP contribution in [0.3, 0.4) is 0 Å². The lowest BCUT2D eigenvalue weighted by molar-refractivity contribution is -0.150. The second-order valence-electron chi connectivity index (χ2n) is 7.58. The summed E-state index contributed by atoms with van der Waals surface area (Å²) in [6, 6.07) is 13.4. The maximum Gasteiger partial charge on any atom is 0.411 e. The van der Waals surface area contributed by atoms with Crippen LogP contribution in [0, 0.1) is 0 Å². The summed E-state index contributed by atoms with van der Waals surface area (Å²) >= 11 is 0. The monoisotopic (exact) mass is 355 g/mol. The minimum Gasteiger partial charge on any atom is -0.459 e. The molecular weight excluding hydrogens is 330 g/mol. The standard InChI is InChI=1S/C21H25NO4/c1-21(2,3)26-20(24)22-13-7-12-18(22)19(23)25-14-16-10-6-9-15-8-4-5-11-17(15)16/h4-6,8-11,18H,7,12-14H2,1-3H3/t18-/m0/s1. The van der Waals surface area contributed by atoms with Crippen LogP contribution >= 0.6 is 0 Å². The van der Waals surface area contributed by atoms with Gasteiger partial charge in [-0.1, -0.05) is 42.5 Å². The molecule has 0 radical (unpaired) electrons. The predicted molar refractivity (Wildman–Crippen MR) is 99.7 cm³/mol. The van der Waals surface area contributed by atoms with Gasteiger partial charge in [-0.3, -0.25) is 4.90 Å². The number of amides is 1. The Labute approximate surface area is 153 Å². The first-order valence-electron chi connectivity index (χ1n) is 8.98. The molecule has 0 saturated carbocycles. The van der Waals surface area contributed by atoms with Crippen molar-refractivity contribution in [3.05, 3.63) is 48.0 Å². The van der Waals surface area contributed by atoms with E-state index < -0.39 is 17.7 Å². The van der Waals surface area contributed by atoms with Crippen molar-refractivity contribution >= 4 is 22.8 Å². The number of hydrogen-bond acceptors (Lipinski definition) is 4. The Bertz CT molecular complexity index is 804. The number of benzene rings is 2. The zero-order valence-corrected chi connectivity index (χ0v) is 15.5. The van der Waals surface area contributed by atoms with Crippen molar-refractivity contribution in [3.63, 3.8) is 0 Å². The summed E-state index contributed by atoms with van der Waals surface area (Å²) in [5, 5.41) is 2.18. The van der Waals surface area contributed by atoms with Gasteiger partial charge in [-0.15, -0.1) is 0 Å². The third-order valence-corrected chi connectivity index (χ3v) is 4.40. The van der Waals surface area contributed by atoms with E-state index >= 15 is 0 Å². The SMILES string of the molecule is CC(C)(C)OC(=O)N1CCC[C@H]1C(=O)OCc1cccc2ccccc12. The van der Waals surface area contributed by atoms with E-state index in [1.807, 2.05) is 63.2 Å². The fourth-order valence-electron chi connectivity index (χ4n) is 3.21. The number of nitrogens with zero attached hydrogens (tertiary/aromatic N) is 1. The van der Waals surface area contributed by atoms with Crippen molar-refractivity contribution < 1.29 is 19.1 Å². The highest BCUT2D eigenvalue weighted by molar-refractivity contribution is 5.86. The van der Waals surface area contributed by atoms with Gasteiger partial charge in [0.05, 0.1) is 0 Å². The van der Waals surface area contributed by atoms with E-state index in [9.17, 15) is 9.59 Å². The highest BCUT2D eigenvalue weighted by Crippen LogP contribution is 2.23. The Morgan fingerprint density at radius 3 is 2.62 bits per heavy atom. The molecule has 1 fully saturated rings. The quantitative estimate of drug-likeness (QED) is 0.771. The van der Waals surface area contributed by atoms with Crippen LogP contribution in [0.4, 0.5) is 4.79 Å². The number of carbonyl (C=O) groups is 2. The minimum atomic E-state index is -0.586. The van der Waals surface area contributed by atoms with Gasteiger partial charge in [0.15, 0.2) is 0 Å². The topological polar surface area (TPSA) is 55.8 Å². The number of hydrogen-bond donors (Lipinski definition) is 0. The minimum absolute atomic E-state index is 0.193. The van der Waals surface area contributed by atoms with Crippen LogP contribution in [0.15, 0.2) is 42.5 Å². The molecule has 0 spiro atoms. The summed E-state index contributed by atoms with van der Waals surface area (Å²) in [5.41, 5.74) is 0.370. The first-order chi connectivity index (χ1) is 12.3. The molecule has 2 aromatic rings. The molecular formula is C21H25NO4. The lowest BCUT2D eigenvalue weighted by Gasteiger charge is -2.27. The highest BCUT2D eigenvalue weighted by atomic mass is 16.6. The summed E-state index contributed by atoms with van der Waals surface area (Å²) in [6.45, 7) is 6.15. The average Bonchev–Trinajstić information content (AvgIpc) is 3.08. The third-order valence-electron chi connectivity index (χ3n) is 4.40. The molecule has 1 aliphatic rings. The summed E-state index contributed by atoms with van der Waals surface area (Å²) in [4.78, 5) is 26.4. The van der Waals surface area contributed by atoms with Gasteiger partial charge in [-0.25, -0.2) is 9.59 Å². The van der Waals surface area contributed by atoms with Crippen molar-refractivity contribution in [1.82, 2.24) is 4.90 Å². The normalized spacial score (nSPS) is 17.3. The lowest BCUT2D eigenvalue weighted by Crippen LogP contribution is -2.44. The van der Waals surface area contributed by atoms with Crippen LogP contribution < -0.4 is 0 Å². The van der Waals surface area contributed by atoms with Gasteiger partial charge in [0.2, 0.25) is 0 Å². The Hall–Kier alpha value is -2.56. The Morgan fingerprint density at radius 2 is 1.85 bits per heavy atom. The van der Waals surface area contributed by atoms with Gasteiger partial charge < -0.3 is 9.47 Å². The molecule has 1 atom stereocenters. The molecule has 1 heterocycles. The molecule has 5 heteroatoms. The summed E-state index contributed by atoms with van der Waals surface area (Å²) in [7, 11) is 0. The van der Waals surface area contributed by atoms with E-state index in [1.165, 1.54) is 4.90 Å². The van der Waals surface area contributed by atoms with Crippen LogP contribution in [0.5, 0.6) is 0 Å². The van der Waals surface area contributed by atoms with Crippen LogP contribution in [0.1, 0.15) is 39.2 Å². The van der Waals surface area contributed by atoms with Crippen LogP contribution in [0.25, 0.3) is 10.8 Å². The van der Waals surface area contributed by atoms with Crippen LogP contribution in [-0.4, -0.2) is 35.2 Å². The second-order valence-corrected chi connectivity index (χ2v) is 7.58. The Morgan fingerprint density at radius 1 is 1.12 bits per heavy atom. The number of ether oxygens (including phenoxy) is 2. The lowest BCUT2D eigenvalue weighted by atomic mass is 10.1. The maximum atomic E-state index is 12.6. The smallest absolute Gasteiger partial charge is 0.411 e. The zero-order chi connectivity index (χ0) is 18.7. The van der Waals surface area contributed by atoms with Crippen molar-refractivity contribution in [3.8, 4) is 0 Å². The Balaban J connectivity index is 1.66. The van der Waals surface area contributed by atoms with Gasteiger partial charge in [-0.2, -0.15) is 0 Å². The number of esters is 1. The van der Waals surface area contributed by atoms with Crippen molar-refractivity contribution in [1.29, 1.82) is 0 Å². The molecule has 2 aromatic carbocycles. The number of rotatable bonds is 3. The molecule has 1 aliphatic heterocycles. The van der Waals surface area contributed by atoms with Crippen LogP contribution in [0.2, 0.25) is 0 Å². The van der Waals surface area contributed by atoms with E-state index in [-0.39, 0.29) is 12.6 Å².